The van der Waals surface area contributed by atoms with E-state index in [1.54, 1.807) is 7.11 Å². The van der Waals surface area contributed by atoms with Gasteiger partial charge in [-0.25, -0.2) is 0 Å². The molecule has 0 bridgehead atoms. The second-order valence-corrected chi connectivity index (χ2v) is 6.17. The van der Waals surface area contributed by atoms with Crippen LogP contribution in [0.15, 0.2) is 24.3 Å². The minimum atomic E-state index is -0.308. The van der Waals surface area contributed by atoms with Crippen molar-refractivity contribution in [1.29, 1.82) is 0 Å². The van der Waals surface area contributed by atoms with Gasteiger partial charge in [0.05, 0.1) is 7.11 Å². The van der Waals surface area contributed by atoms with Crippen LogP contribution in [0.1, 0.15) is 24.6 Å². The number of nitrogens with one attached hydrogen (secondary N) is 1. The molecule has 114 valence electrons. The van der Waals surface area contributed by atoms with Gasteiger partial charge in [-0.05, 0) is 33.0 Å². The van der Waals surface area contributed by atoms with Gasteiger partial charge < -0.3 is 14.5 Å². The average molecular weight is 289 g/mol. The maximum Gasteiger partial charge on any atom is 0.244 e. The van der Waals surface area contributed by atoms with E-state index in [1.165, 1.54) is 0 Å². The molecular formula is C16H23N3O2. The van der Waals surface area contributed by atoms with Crippen LogP contribution in [-0.2, 0) is 4.79 Å². The summed E-state index contributed by atoms with van der Waals surface area (Å²) in [6, 6.07) is 7.93. The van der Waals surface area contributed by atoms with Crippen molar-refractivity contribution in [3.8, 4) is 5.75 Å². The maximum absolute atomic E-state index is 12.7. The zero-order valence-corrected chi connectivity index (χ0v) is 12.9. The number of carbonyl (C=O) groups is 1. The van der Waals surface area contributed by atoms with Gasteiger partial charge in [-0.3, -0.25) is 10.1 Å². The molecule has 1 unspecified atom stereocenters. The van der Waals surface area contributed by atoms with Crippen molar-refractivity contribution < 1.29 is 9.53 Å². The molecule has 21 heavy (non-hydrogen) atoms. The molecule has 1 atom stereocenters. The molecule has 1 aromatic rings. The Kier molecular flexibility index (Phi) is 3.63. The Balaban J connectivity index is 1.89. The Morgan fingerprint density at radius 3 is 2.71 bits per heavy atom. The second kappa shape index (κ2) is 5.31. The van der Waals surface area contributed by atoms with Gasteiger partial charge in [0.15, 0.2) is 0 Å². The van der Waals surface area contributed by atoms with E-state index in [9.17, 15) is 4.79 Å². The Morgan fingerprint density at radius 2 is 2.10 bits per heavy atom. The standard InChI is InChI=1S/C16H23N3O2/c1-18(2)10-11-19-14(17-16(8-9-16)15(19)20)12-6-4-5-7-13(12)21-3/h4-7,14,17H,8-11H2,1-3H3. The lowest BCUT2D eigenvalue weighted by Crippen LogP contribution is -2.37. The highest BCUT2D eigenvalue weighted by atomic mass is 16.5. The Morgan fingerprint density at radius 1 is 1.38 bits per heavy atom. The van der Waals surface area contributed by atoms with Crippen molar-refractivity contribution in [2.45, 2.75) is 24.5 Å². The Labute approximate surface area is 125 Å². The van der Waals surface area contributed by atoms with Crippen molar-refractivity contribution in [2.75, 3.05) is 34.3 Å². The van der Waals surface area contributed by atoms with E-state index in [1.807, 2.05) is 43.3 Å². The molecule has 1 aliphatic carbocycles. The van der Waals surface area contributed by atoms with Crippen LogP contribution in [0.2, 0.25) is 0 Å². The van der Waals surface area contributed by atoms with Gasteiger partial charge in [0.2, 0.25) is 5.91 Å². The van der Waals surface area contributed by atoms with Crippen LogP contribution in [-0.4, -0.2) is 55.5 Å². The molecule has 5 heteroatoms. The fourth-order valence-electron chi connectivity index (χ4n) is 2.95. The maximum atomic E-state index is 12.7. The summed E-state index contributed by atoms with van der Waals surface area (Å²) < 4.78 is 5.47. The fourth-order valence-corrected chi connectivity index (χ4v) is 2.95. The van der Waals surface area contributed by atoms with Gasteiger partial charge in [-0.1, -0.05) is 18.2 Å². The van der Waals surface area contributed by atoms with Gasteiger partial charge >= 0.3 is 0 Å². The minimum absolute atomic E-state index is 0.0869. The number of carbonyl (C=O) groups excluding carboxylic acids is 1. The lowest BCUT2D eigenvalue weighted by atomic mass is 10.1. The first-order chi connectivity index (χ1) is 10.1. The summed E-state index contributed by atoms with van der Waals surface area (Å²) in [5.41, 5.74) is 0.730. The van der Waals surface area contributed by atoms with E-state index in [0.717, 1.165) is 37.2 Å². The molecule has 5 nitrogen and oxygen atoms in total. The molecule has 1 saturated carbocycles. The first-order valence-corrected chi connectivity index (χ1v) is 7.44. The highest BCUT2D eigenvalue weighted by molar-refractivity contribution is 5.92. The molecule has 1 aliphatic heterocycles. The van der Waals surface area contributed by atoms with Crippen LogP contribution in [0, 0.1) is 0 Å². The molecule has 1 saturated heterocycles. The molecule has 1 heterocycles. The van der Waals surface area contributed by atoms with Crippen molar-refractivity contribution >= 4 is 5.91 Å². The summed E-state index contributed by atoms with van der Waals surface area (Å²) in [7, 11) is 5.73. The lowest BCUT2D eigenvalue weighted by molar-refractivity contribution is -0.131. The molecule has 1 N–H and O–H groups in total. The molecule has 0 radical (unpaired) electrons. The molecule has 3 rings (SSSR count). The van der Waals surface area contributed by atoms with Gasteiger partial charge in [-0.15, -0.1) is 0 Å². The number of hydrogen-bond acceptors (Lipinski definition) is 4. The van der Waals surface area contributed by atoms with Gasteiger partial charge in [0, 0.05) is 18.7 Å². The second-order valence-electron chi connectivity index (χ2n) is 6.17. The molecule has 2 fully saturated rings. The van der Waals surface area contributed by atoms with Gasteiger partial charge in [0.1, 0.15) is 17.5 Å². The number of benzene rings is 1. The van der Waals surface area contributed by atoms with E-state index < -0.39 is 0 Å². The van der Waals surface area contributed by atoms with E-state index in [-0.39, 0.29) is 17.6 Å². The monoisotopic (exact) mass is 289 g/mol. The summed E-state index contributed by atoms with van der Waals surface area (Å²) in [5, 5.41) is 3.53. The predicted molar refractivity (Wildman–Crippen MR) is 81.1 cm³/mol. The van der Waals surface area contributed by atoms with E-state index in [4.69, 9.17) is 4.74 Å². The molecule has 1 amide bonds. The average Bonchev–Trinajstić information content (AvgIpc) is 3.20. The SMILES string of the molecule is COc1ccccc1C1NC2(CC2)C(=O)N1CCN(C)C. The quantitative estimate of drug-likeness (QED) is 0.885. The van der Waals surface area contributed by atoms with Crippen LogP contribution < -0.4 is 10.1 Å². The molecule has 2 aliphatic rings. The smallest absolute Gasteiger partial charge is 0.244 e. The summed E-state index contributed by atoms with van der Waals surface area (Å²) >= 11 is 0. The van der Waals surface area contributed by atoms with E-state index >= 15 is 0 Å². The number of rotatable bonds is 5. The Hall–Kier alpha value is -1.59. The fraction of sp³-hybridized carbons (Fsp3) is 0.562. The summed E-state index contributed by atoms with van der Waals surface area (Å²) in [6.07, 6.45) is 1.79. The van der Waals surface area contributed by atoms with Crippen LogP contribution in [0.3, 0.4) is 0 Å². The third-order valence-electron chi connectivity index (χ3n) is 4.37. The number of nitrogens with zero attached hydrogens (tertiary/aromatic N) is 2. The number of methoxy groups -OCH3 is 1. The Bertz CT molecular complexity index is 540. The molecule has 1 spiro atoms. The van der Waals surface area contributed by atoms with Crippen molar-refractivity contribution in [3.05, 3.63) is 29.8 Å². The highest BCUT2D eigenvalue weighted by Crippen LogP contribution is 2.46. The van der Waals surface area contributed by atoms with Crippen LogP contribution in [0.5, 0.6) is 5.75 Å². The first kappa shape index (κ1) is 14.4. The topological polar surface area (TPSA) is 44.8 Å². The first-order valence-electron chi connectivity index (χ1n) is 7.44. The van der Waals surface area contributed by atoms with E-state index in [2.05, 4.69) is 10.2 Å². The summed E-state index contributed by atoms with van der Waals surface area (Å²) in [6.45, 7) is 1.58. The summed E-state index contributed by atoms with van der Waals surface area (Å²) in [5.74, 6) is 1.07. The number of amides is 1. The van der Waals surface area contributed by atoms with E-state index in [0.29, 0.717) is 0 Å². The number of ether oxygens (including phenoxy) is 1. The van der Waals surface area contributed by atoms with Crippen molar-refractivity contribution in [1.82, 2.24) is 15.1 Å². The summed E-state index contributed by atoms with van der Waals surface area (Å²) in [4.78, 5) is 16.8. The number of hydrogen-bond donors (Lipinski definition) is 1. The predicted octanol–water partition coefficient (Wildman–Crippen LogP) is 1.22. The lowest BCUT2D eigenvalue weighted by Gasteiger charge is -2.27. The number of likely N-dealkylation sites (N-methyl/N-ethyl adjacent to an activating group) is 1. The van der Waals surface area contributed by atoms with Crippen molar-refractivity contribution in [2.24, 2.45) is 0 Å². The third kappa shape index (κ3) is 2.51. The third-order valence-corrected chi connectivity index (χ3v) is 4.37. The van der Waals surface area contributed by atoms with Gasteiger partial charge in [0.25, 0.3) is 0 Å². The van der Waals surface area contributed by atoms with Crippen LogP contribution >= 0.6 is 0 Å². The molecule has 0 aromatic heterocycles. The normalized spacial score (nSPS) is 23.1. The molecule has 1 aromatic carbocycles. The number of para-hydroxylation sites is 1. The largest absolute Gasteiger partial charge is 0.496 e. The zero-order valence-electron chi connectivity index (χ0n) is 12.9. The molecular weight excluding hydrogens is 266 g/mol. The van der Waals surface area contributed by atoms with Gasteiger partial charge in [-0.2, -0.15) is 0 Å². The van der Waals surface area contributed by atoms with Crippen molar-refractivity contribution in [3.63, 3.8) is 0 Å². The van der Waals surface area contributed by atoms with Crippen LogP contribution in [0.25, 0.3) is 0 Å². The highest BCUT2D eigenvalue weighted by Gasteiger charge is 2.59. The minimum Gasteiger partial charge on any atom is -0.496 e. The van der Waals surface area contributed by atoms with Crippen LogP contribution in [0.4, 0.5) is 0 Å². The zero-order chi connectivity index (χ0) is 15.0.